The molecule has 0 spiro atoms. The molecule has 0 aromatic carbocycles. The SMILES string of the molecule is CCCCCCC/C=N/OCCN(O)C(N)=O. The zero-order chi connectivity index (χ0) is 12.9. The average molecular weight is 245 g/mol. The lowest BCUT2D eigenvalue weighted by molar-refractivity contribution is -0.0560. The maximum atomic E-state index is 10.4. The first-order valence-corrected chi connectivity index (χ1v) is 6.08. The Labute approximate surface area is 102 Å². The largest absolute Gasteiger partial charge is 0.394 e. The number of rotatable bonds is 10. The normalized spacial score (nSPS) is 10.7. The summed E-state index contributed by atoms with van der Waals surface area (Å²) in [5, 5.41) is 13.0. The highest BCUT2D eigenvalue weighted by molar-refractivity contribution is 5.70. The van der Waals surface area contributed by atoms with E-state index in [-0.39, 0.29) is 13.2 Å². The minimum atomic E-state index is -0.895. The van der Waals surface area contributed by atoms with E-state index in [9.17, 15) is 4.79 Å². The van der Waals surface area contributed by atoms with Gasteiger partial charge in [0.05, 0.1) is 6.54 Å². The van der Waals surface area contributed by atoms with Gasteiger partial charge in [0.1, 0.15) is 6.61 Å². The zero-order valence-corrected chi connectivity index (χ0v) is 10.5. The average Bonchev–Trinajstić information content (AvgIpc) is 2.31. The molecule has 6 heteroatoms. The first-order valence-electron chi connectivity index (χ1n) is 6.08. The maximum absolute atomic E-state index is 10.4. The maximum Gasteiger partial charge on any atom is 0.338 e. The number of hydrogen-bond donors (Lipinski definition) is 2. The van der Waals surface area contributed by atoms with Crippen LogP contribution in [0.2, 0.25) is 0 Å². The van der Waals surface area contributed by atoms with E-state index < -0.39 is 6.03 Å². The van der Waals surface area contributed by atoms with Crippen LogP contribution in [0.15, 0.2) is 5.16 Å². The lowest BCUT2D eigenvalue weighted by Gasteiger charge is -2.09. The molecule has 17 heavy (non-hydrogen) atoms. The first-order chi connectivity index (χ1) is 8.18. The van der Waals surface area contributed by atoms with Gasteiger partial charge in [-0.25, -0.2) is 9.86 Å². The summed E-state index contributed by atoms with van der Waals surface area (Å²) in [6, 6.07) is -0.895. The second-order valence-corrected chi connectivity index (χ2v) is 3.79. The fraction of sp³-hybridized carbons (Fsp3) is 0.818. The van der Waals surface area contributed by atoms with Crippen molar-refractivity contribution < 1.29 is 14.8 Å². The predicted octanol–water partition coefficient (Wildman–Crippen LogP) is 2.12. The quantitative estimate of drug-likeness (QED) is 0.267. The molecule has 0 atom stereocenters. The van der Waals surface area contributed by atoms with Crippen molar-refractivity contribution in [1.82, 2.24) is 5.06 Å². The molecular weight excluding hydrogens is 222 g/mol. The van der Waals surface area contributed by atoms with Crippen molar-refractivity contribution in [3.63, 3.8) is 0 Å². The summed E-state index contributed by atoms with van der Waals surface area (Å²) in [5.74, 6) is 0. The Hall–Kier alpha value is -1.30. The van der Waals surface area contributed by atoms with Crippen molar-refractivity contribution >= 4 is 12.2 Å². The van der Waals surface area contributed by atoms with Gasteiger partial charge < -0.3 is 10.6 Å². The molecule has 0 unspecified atom stereocenters. The summed E-state index contributed by atoms with van der Waals surface area (Å²) in [5.41, 5.74) is 4.80. The molecule has 0 fully saturated rings. The van der Waals surface area contributed by atoms with E-state index in [1.807, 2.05) is 0 Å². The minimum Gasteiger partial charge on any atom is -0.394 e. The zero-order valence-electron chi connectivity index (χ0n) is 10.5. The number of hydroxylamine groups is 2. The second-order valence-electron chi connectivity index (χ2n) is 3.79. The molecule has 0 radical (unpaired) electrons. The third kappa shape index (κ3) is 11.0. The van der Waals surface area contributed by atoms with Crippen LogP contribution in [-0.2, 0) is 4.84 Å². The van der Waals surface area contributed by atoms with Crippen LogP contribution in [0.5, 0.6) is 0 Å². The fourth-order valence-corrected chi connectivity index (χ4v) is 1.23. The van der Waals surface area contributed by atoms with Crippen molar-refractivity contribution in [3.8, 4) is 0 Å². The number of oxime groups is 1. The topological polar surface area (TPSA) is 88.2 Å². The lowest BCUT2D eigenvalue weighted by Crippen LogP contribution is -2.34. The van der Waals surface area contributed by atoms with Crippen LogP contribution in [-0.4, -0.2) is 35.7 Å². The molecule has 3 N–H and O–H groups in total. The van der Waals surface area contributed by atoms with Crippen molar-refractivity contribution in [2.24, 2.45) is 10.9 Å². The Bertz CT molecular complexity index is 222. The van der Waals surface area contributed by atoms with Crippen molar-refractivity contribution in [2.75, 3.05) is 13.2 Å². The number of nitrogens with zero attached hydrogens (tertiary/aromatic N) is 2. The molecule has 0 aliphatic rings. The first kappa shape index (κ1) is 15.7. The minimum absolute atomic E-state index is 0.0170. The van der Waals surface area contributed by atoms with Gasteiger partial charge >= 0.3 is 6.03 Å². The van der Waals surface area contributed by atoms with Gasteiger partial charge in [0.25, 0.3) is 0 Å². The summed E-state index contributed by atoms with van der Waals surface area (Å²) in [6.07, 6.45) is 8.72. The Kier molecular flexibility index (Phi) is 10.3. The third-order valence-electron chi connectivity index (χ3n) is 2.23. The van der Waals surface area contributed by atoms with Crippen LogP contribution in [0.4, 0.5) is 4.79 Å². The van der Waals surface area contributed by atoms with Gasteiger partial charge in [-0.05, 0) is 12.8 Å². The molecule has 0 aliphatic carbocycles. The number of amides is 2. The molecule has 2 amide bonds. The summed E-state index contributed by atoms with van der Waals surface area (Å²) < 4.78 is 0. The number of nitrogens with two attached hydrogens (primary N) is 1. The highest BCUT2D eigenvalue weighted by atomic mass is 16.6. The Morgan fingerprint density at radius 1 is 1.41 bits per heavy atom. The summed E-state index contributed by atoms with van der Waals surface area (Å²) in [4.78, 5) is 15.2. The standard InChI is InChI=1S/C11H23N3O3/c1-2-3-4-5-6-7-8-13-17-10-9-14(16)11(12)15/h8,16H,2-7,9-10H2,1H3,(H2,12,15)/b13-8+. The highest BCUT2D eigenvalue weighted by Gasteiger charge is 2.03. The van der Waals surface area contributed by atoms with Crippen molar-refractivity contribution in [3.05, 3.63) is 0 Å². The van der Waals surface area contributed by atoms with E-state index in [4.69, 9.17) is 15.8 Å². The van der Waals surface area contributed by atoms with Crippen LogP contribution < -0.4 is 5.73 Å². The third-order valence-corrected chi connectivity index (χ3v) is 2.23. The molecule has 0 aromatic rings. The molecule has 0 bridgehead atoms. The monoisotopic (exact) mass is 245 g/mol. The van der Waals surface area contributed by atoms with Crippen LogP contribution in [0.3, 0.4) is 0 Å². The van der Waals surface area contributed by atoms with Crippen LogP contribution in [0.25, 0.3) is 0 Å². The van der Waals surface area contributed by atoms with Crippen molar-refractivity contribution in [2.45, 2.75) is 45.4 Å². The van der Waals surface area contributed by atoms with Gasteiger partial charge in [0.2, 0.25) is 0 Å². The van der Waals surface area contributed by atoms with E-state index in [1.54, 1.807) is 6.21 Å². The van der Waals surface area contributed by atoms with E-state index in [0.717, 1.165) is 12.8 Å². The summed E-state index contributed by atoms with van der Waals surface area (Å²) >= 11 is 0. The van der Waals surface area contributed by atoms with Crippen molar-refractivity contribution in [1.29, 1.82) is 0 Å². The number of carbonyl (C=O) groups excluding carboxylic acids is 1. The summed E-state index contributed by atoms with van der Waals surface area (Å²) in [7, 11) is 0. The van der Waals surface area contributed by atoms with E-state index >= 15 is 0 Å². The number of carbonyl (C=O) groups is 1. The van der Waals surface area contributed by atoms with Crippen LogP contribution >= 0.6 is 0 Å². The van der Waals surface area contributed by atoms with Crippen LogP contribution in [0.1, 0.15) is 45.4 Å². The molecule has 100 valence electrons. The molecule has 0 saturated carbocycles. The van der Waals surface area contributed by atoms with Gasteiger partial charge in [0, 0.05) is 6.21 Å². The number of primary amides is 1. The number of unbranched alkanes of at least 4 members (excludes halogenated alkanes) is 5. The Morgan fingerprint density at radius 2 is 2.12 bits per heavy atom. The number of hydrogen-bond acceptors (Lipinski definition) is 4. The summed E-state index contributed by atoms with van der Waals surface area (Å²) in [6.45, 7) is 2.33. The molecule has 0 saturated heterocycles. The van der Waals surface area contributed by atoms with Gasteiger partial charge in [-0.15, -0.1) is 0 Å². The molecule has 0 rings (SSSR count). The highest BCUT2D eigenvalue weighted by Crippen LogP contribution is 2.03. The predicted molar refractivity (Wildman–Crippen MR) is 65.9 cm³/mol. The smallest absolute Gasteiger partial charge is 0.338 e. The second kappa shape index (κ2) is 11.2. The Balaban J connectivity index is 3.23. The van der Waals surface area contributed by atoms with E-state index in [1.165, 1.54) is 25.7 Å². The molecule has 0 aromatic heterocycles. The van der Waals surface area contributed by atoms with Gasteiger partial charge in [-0.1, -0.05) is 37.8 Å². The van der Waals surface area contributed by atoms with Gasteiger partial charge in [-0.3, -0.25) is 5.21 Å². The molecule has 6 nitrogen and oxygen atoms in total. The number of urea groups is 1. The van der Waals surface area contributed by atoms with Crippen LogP contribution in [0, 0.1) is 0 Å². The molecular formula is C11H23N3O3. The van der Waals surface area contributed by atoms with Gasteiger partial charge in [0.15, 0.2) is 0 Å². The van der Waals surface area contributed by atoms with E-state index in [0.29, 0.717) is 5.06 Å². The van der Waals surface area contributed by atoms with E-state index in [2.05, 4.69) is 12.1 Å². The molecule has 0 aliphatic heterocycles. The lowest BCUT2D eigenvalue weighted by atomic mass is 10.1. The Morgan fingerprint density at radius 3 is 2.76 bits per heavy atom. The fourth-order valence-electron chi connectivity index (χ4n) is 1.23. The molecule has 0 heterocycles. The van der Waals surface area contributed by atoms with Gasteiger partial charge in [-0.2, -0.15) is 0 Å².